The number of aromatic nitrogens is 1. The fourth-order valence-electron chi connectivity index (χ4n) is 1.76. The Hall–Kier alpha value is -1.20. The molecule has 4 nitrogen and oxygen atoms in total. The van der Waals surface area contributed by atoms with E-state index < -0.39 is 0 Å². The highest BCUT2D eigenvalue weighted by molar-refractivity contribution is 5.26. The van der Waals surface area contributed by atoms with Gasteiger partial charge in [-0.1, -0.05) is 0 Å². The number of methoxy groups -OCH3 is 1. The van der Waals surface area contributed by atoms with Crippen LogP contribution in [0.1, 0.15) is 38.7 Å². The van der Waals surface area contributed by atoms with Crippen LogP contribution in [0.15, 0.2) is 12.3 Å². The average molecular weight is 282 g/mol. The van der Waals surface area contributed by atoms with E-state index in [0.717, 1.165) is 12.0 Å². The van der Waals surface area contributed by atoms with Crippen molar-refractivity contribution in [2.45, 2.75) is 51.3 Å². The minimum absolute atomic E-state index is 0.230. The molecule has 1 fully saturated rings. The molecule has 0 radical (unpaired) electrons. The summed E-state index contributed by atoms with van der Waals surface area (Å²) in [6.45, 7) is 5.10. The molecular formula is C15H23FN2O2. The van der Waals surface area contributed by atoms with E-state index in [1.165, 1.54) is 25.1 Å². The maximum absolute atomic E-state index is 13.3. The predicted octanol–water partition coefficient (Wildman–Crippen LogP) is 2.67. The van der Waals surface area contributed by atoms with Crippen molar-refractivity contribution in [3.8, 4) is 5.88 Å². The zero-order valence-electron chi connectivity index (χ0n) is 12.4. The van der Waals surface area contributed by atoms with Gasteiger partial charge < -0.3 is 14.8 Å². The van der Waals surface area contributed by atoms with Crippen LogP contribution in [0, 0.1) is 5.82 Å². The highest BCUT2D eigenvalue weighted by Gasteiger charge is 2.21. The van der Waals surface area contributed by atoms with Gasteiger partial charge in [-0.25, -0.2) is 9.37 Å². The van der Waals surface area contributed by atoms with Crippen LogP contribution >= 0.6 is 0 Å². The minimum atomic E-state index is -0.331. The van der Waals surface area contributed by atoms with E-state index in [1.807, 2.05) is 13.8 Å². The first-order valence-corrected chi connectivity index (χ1v) is 7.06. The Labute approximate surface area is 119 Å². The van der Waals surface area contributed by atoms with Gasteiger partial charge in [0.05, 0.1) is 18.4 Å². The summed E-state index contributed by atoms with van der Waals surface area (Å²) < 4.78 is 24.3. The summed E-state index contributed by atoms with van der Waals surface area (Å²) in [4.78, 5) is 4.04. The van der Waals surface area contributed by atoms with Gasteiger partial charge in [0.25, 0.3) is 0 Å². The fourth-order valence-corrected chi connectivity index (χ4v) is 1.76. The smallest absolute Gasteiger partial charge is 0.218 e. The molecule has 112 valence electrons. The van der Waals surface area contributed by atoms with Gasteiger partial charge in [0.15, 0.2) is 0 Å². The van der Waals surface area contributed by atoms with Crippen molar-refractivity contribution in [3.63, 3.8) is 0 Å². The average Bonchev–Trinajstić information content (AvgIpc) is 3.22. The lowest BCUT2D eigenvalue weighted by molar-refractivity contribution is 0.00497. The summed E-state index contributed by atoms with van der Waals surface area (Å²) in [5.41, 5.74) is 0.541. The number of hydrogen-bond donors (Lipinski definition) is 1. The Morgan fingerprint density at radius 1 is 1.45 bits per heavy atom. The topological polar surface area (TPSA) is 43.4 Å². The molecule has 0 unspecified atom stereocenters. The van der Waals surface area contributed by atoms with Gasteiger partial charge in [-0.3, -0.25) is 0 Å². The van der Waals surface area contributed by atoms with Crippen LogP contribution < -0.4 is 10.1 Å². The zero-order chi connectivity index (χ0) is 14.6. The Morgan fingerprint density at radius 3 is 2.85 bits per heavy atom. The Morgan fingerprint density at radius 2 is 2.20 bits per heavy atom. The van der Waals surface area contributed by atoms with E-state index in [0.29, 0.717) is 25.1 Å². The molecule has 0 amide bonds. The van der Waals surface area contributed by atoms with E-state index >= 15 is 0 Å². The monoisotopic (exact) mass is 282 g/mol. The van der Waals surface area contributed by atoms with Gasteiger partial charge in [0.2, 0.25) is 5.88 Å². The van der Waals surface area contributed by atoms with Gasteiger partial charge in [0, 0.05) is 31.7 Å². The third kappa shape index (κ3) is 4.72. The van der Waals surface area contributed by atoms with E-state index in [9.17, 15) is 4.39 Å². The molecule has 5 heteroatoms. The lowest BCUT2D eigenvalue weighted by atomic mass is 10.1. The standard InChI is InChI=1S/C15H23FN2O2/c1-15(2,19-3)6-7-20-14-11(8-12(16)10-18-14)9-17-13-4-5-13/h8,10,13,17H,4-7,9H2,1-3H3. The van der Waals surface area contributed by atoms with Crippen LogP contribution in [0.25, 0.3) is 0 Å². The number of nitrogens with zero attached hydrogens (tertiary/aromatic N) is 1. The van der Waals surface area contributed by atoms with Crippen LogP contribution in [-0.2, 0) is 11.3 Å². The SMILES string of the molecule is COC(C)(C)CCOc1ncc(F)cc1CNC1CC1. The Balaban J connectivity index is 1.91. The Bertz CT molecular complexity index is 447. The molecule has 1 aromatic heterocycles. The third-order valence-corrected chi connectivity index (χ3v) is 3.55. The number of halogens is 1. The van der Waals surface area contributed by atoms with Crippen molar-refractivity contribution >= 4 is 0 Å². The molecule has 0 spiro atoms. The van der Waals surface area contributed by atoms with E-state index in [-0.39, 0.29) is 11.4 Å². The second kappa shape index (κ2) is 6.50. The first-order valence-electron chi connectivity index (χ1n) is 7.06. The summed E-state index contributed by atoms with van der Waals surface area (Å²) in [7, 11) is 1.68. The van der Waals surface area contributed by atoms with Crippen molar-refractivity contribution in [2.24, 2.45) is 0 Å². The number of hydrogen-bond acceptors (Lipinski definition) is 4. The molecule has 2 rings (SSSR count). The van der Waals surface area contributed by atoms with E-state index in [2.05, 4.69) is 10.3 Å². The molecule has 1 aliphatic rings. The van der Waals surface area contributed by atoms with Crippen LogP contribution in [0.3, 0.4) is 0 Å². The van der Waals surface area contributed by atoms with Crippen LogP contribution in [-0.4, -0.2) is 30.3 Å². The molecule has 0 saturated heterocycles. The highest BCUT2D eigenvalue weighted by atomic mass is 19.1. The van der Waals surface area contributed by atoms with E-state index in [4.69, 9.17) is 9.47 Å². The van der Waals surface area contributed by atoms with Gasteiger partial charge in [-0.15, -0.1) is 0 Å². The molecular weight excluding hydrogens is 259 g/mol. The maximum Gasteiger partial charge on any atom is 0.218 e. The van der Waals surface area contributed by atoms with Crippen LogP contribution in [0.5, 0.6) is 5.88 Å². The number of rotatable bonds is 8. The largest absolute Gasteiger partial charge is 0.477 e. The summed E-state index contributed by atoms with van der Waals surface area (Å²) in [5.74, 6) is 0.175. The number of nitrogens with one attached hydrogen (secondary N) is 1. The second-order valence-corrected chi connectivity index (χ2v) is 5.84. The maximum atomic E-state index is 13.3. The van der Waals surface area contributed by atoms with Gasteiger partial charge in [-0.2, -0.15) is 0 Å². The summed E-state index contributed by atoms with van der Waals surface area (Å²) in [6.07, 6.45) is 4.33. The third-order valence-electron chi connectivity index (χ3n) is 3.55. The summed E-state index contributed by atoms with van der Waals surface area (Å²) in [5, 5.41) is 3.35. The highest BCUT2D eigenvalue weighted by Crippen LogP contribution is 2.22. The number of pyridine rings is 1. The van der Waals surface area contributed by atoms with Crippen LogP contribution in [0.2, 0.25) is 0 Å². The lowest BCUT2D eigenvalue weighted by Crippen LogP contribution is -2.25. The molecule has 0 bridgehead atoms. The molecule has 0 aromatic carbocycles. The van der Waals surface area contributed by atoms with Gasteiger partial charge in [0.1, 0.15) is 5.82 Å². The van der Waals surface area contributed by atoms with Gasteiger partial charge >= 0.3 is 0 Å². The zero-order valence-corrected chi connectivity index (χ0v) is 12.4. The molecule has 20 heavy (non-hydrogen) atoms. The lowest BCUT2D eigenvalue weighted by Gasteiger charge is -2.22. The quantitative estimate of drug-likeness (QED) is 0.796. The Kier molecular flexibility index (Phi) is 4.94. The van der Waals surface area contributed by atoms with Gasteiger partial charge in [-0.05, 0) is 32.8 Å². The normalized spacial score (nSPS) is 15.4. The molecule has 1 N–H and O–H groups in total. The van der Waals surface area contributed by atoms with Crippen molar-refractivity contribution in [2.75, 3.05) is 13.7 Å². The first-order chi connectivity index (χ1) is 9.50. The molecule has 1 saturated carbocycles. The summed E-state index contributed by atoms with van der Waals surface area (Å²) >= 11 is 0. The van der Waals surface area contributed by atoms with E-state index in [1.54, 1.807) is 7.11 Å². The minimum Gasteiger partial charge on any atom is -0.477 e. The second-order valence-electron chi connectivity index (χ2n) is 5.84. The van der Waals surface area contributed by atoms with Crippen molar-refractivity contribution in [1.29, 1.82) is 0 Å². The van der Waals surface area contributed by atoms with Crippen molar-refractivity contribution < 1.29 is 13.9 Å². The van der Waals surface area contributed by atoms with Crippen molar-refractivity contribution in [1.82, 2.24) is 10.3 Å². The molecule has 1 aliphatic carbocycles. The fraction of sp³-hybridized carbons (Fsp3) is 0.667. The number of ether oxygens (including phenoxy) is 2. The first kappa shape index (κ1) is 15.2. The predicted molar refractivity (Wildman–Crippen MR) is 75.3 cm³/mol. The molecule has 0 atom stereocenters. The molecule has 1 heterocycles. The molecule has 0 aliphatic heterocycles. The van der Waals surface area contributed by atoms with Crippen LogP contribution in [0.4, 0.5) is 4.39 Å². The summed E-state index contributed by atoms with van der Waals surface area (Å²) in [6, 6.07) is 2.05. The van der Waals surface area contributed by atoms with Crippen molar-refractivity contribution in [3.05, 3.63) is 23.6 Å². The molecule has 1 aromatic rings.